The van der Waals surface area contributed by atoms with E-state index in [-0.39, 0.29) is 0 Å². The van der Waals surface area contributed by atoms with E-state index in [1.807, 2.05) is 0 Å². The SMILES string of the molecule is c1cc2c(cc1NCC1CCCNC1)CCO2. The summed E-state index contributed by atoms with van der Waals surface area (Å²) in [4.78, 5) is 0. The van der Waals surface area contributed by atoms with Crippen molar-refractivity contribution in [2.75, 3.05) is 31.6 Å². The second-order valence-electron chi connectivity index (χ2n) is 5.01. The molecule has 1 saturated heterocycles. The highest BCUT2D eigenvalue weighted by molar-refractivity contribution is 5.52. The van der Waals surface area contributed by atoms with Crippen molar-refractivity contribution in [3.05, 3.63) is 23.8 Å². The number of nitrogens with one attached hydrogen (secondary N) is 2. The van der Waals surface area contributed by atoms with Gasteiger partial charge in [-0.1, -0.05) is 0 Å². The lowest BCUT2D eigenvalue weighted by atomic mass is 9.99. The van der Waals surface area contributed by atoms with E-state index in [1.165, 1.54) is 30.6 Å². The van der Waals surface area contributed by atoms with Gasteiger partial charge in [-0.2, -0.15) is 0 Å². The van der Waals surface area contributed by atoms with Gasteiger partial charge in [0.15, 0.2) is 0 Å². The molecule has 0 saturated carbocycles. The average Bonchev–Trinajstić information content (AvgIpc) is 2.85. The standard InChI is InChI=1S/C14H20N2O/c1-2-11(9-15-6-1)10-16-13-3-4-14-12(8-13)5-7-17-14/h3-4,8,11,15-16H,1-2,5-7,9-10H2. The molecule has 3 rings (SSSR count). The molecule has 2 heterocycles. The van der Waals surface area contributed by atoms with Gasteiger partial charge in [0, 0.05) is 18.7 Å². The van der Waals surface area contributed by atoms with Crippen LogP contribution < -0.4 is 15.4 Å². The minimum Gasteiger partial charge on any atom is -0.493 e. The van der Waals surface area contributed by atoms with E-state index in [4.69, 9.17) is 4.74 Å². The van der Waals surface area contributed by atoms with Crippen molar-refractivity contribution in [1.82, 2.24) is 5.32 Å². The number of hydrogen-bond donors (Lipinski definition) is 2. The number of rotatable bonds is 3. The predicted octanol–water partition coefficient (Wildman–Crippen LogP) is 2.03. The summed E-state index contributed by atoms with van der Waals surface area (Å²) < 4.78 is 5.51. The maximum absolute atomic E-state index is 5.51. The fraction of sp³-hybridized carbons (Fsp3) is 0.571. The Balaban J connectivity index is 1.57. The third-order valence-electron chi connectivity index (χ3n) is 3.68. The molecule has 92 valence electrons. The summed E-state index contributed by atoms with van der Waals surface area (Å²) in [5.41, 5.74) is 2.58. The Morgan fingerprint density at radius 3 is 3.29 bits per heavy atom. The molecule has 1 unspecified atom stereocenters. The lowest BCUT2D eigenvalue weighted by Gasteiger charge is -2.23. The highest BCUT2D eigenvalue weighted by Gasteiger charge is 2.14. The molecule has 1 aromatic carbocycles. The Hall–Kier alpha value is -1.22. The van der Waals surface area contributed by atoms with Crippen LogP contribution in [0.4, 0.5) is 5.69 Å². The first-order valence-corrected chi connectivity index (χ1v) is 6.62. The van der Waals surface area contributed by atoms with Gasteiger partial charge >= 0.3 is 0 Å². The van der Waals surface area contributed by atoms with Crippen LogP contribution in [-0.4, -0.2) is 26.2 Å². The molecule has 1 fully saturated rings. The third kappa shape index (κ3) is 2.55. The van der Waals surface area contributed by atoms with E-state index in [0.29, 0.717) is 0 Å². The first-order valence-electron chi connectivity index (χ1n) is 6.62. The number of fused-ring (bicyclic) bond motifs is 1. The number of anilines is 1. The molecule has 3 heteroatoms. The summed E-state index contributed by atoms with van der Waals surface area (Å²) in [5.74, 6) is 1.84. The minimum atomic E-state index is 0.772. The predicted molar refractivity (Wildman–Crippen MR) is 69.7 cm³/mol. The normalized spacial score (nSPS) is 22.9. The number of ether oxygens (including phenoxy) is 1. The van der Waals surface area contributed by atoms with E-state index in [9.17, 15) is 0 Å². The molecule has 0 bridgehead atoms. The van der Waals surface area contributed by atoms with Crippen molar-refractivity contribution in [3.63, 3.8) is 0 Å². The Kier molecular flexibility index (Phi) is 3.18. The monoisotopic (exact) mass is 232 g/mol. The zero-order chi connectivity index (χ0) is 11.5. The van der Waals surface area contributed by atoms with Crippen molar-refractivity contribution < 1.29 is 4.74 Å². The van der Waals surface area contributed by atoms with E-state index in [2.05, 4.69) is 28.8 Å². The van der Waals surface area contributed by atoms with Crippen LogP contribution in [0.25, 0.3) is 0 Å². The molecule has 1 atom stereocenters. The Morgan fingerprint density at radius 2 is 2.41 bits per heavy atom. The van der Waals surface area contributed by atoms with Crippen molar-refractivity contribution in [1.29, 1.82) is 0 Å². The molecule has 0 radical (unpaired) electrons. The molecule has 0 aromatic heterocycles. The largest absolute Gasteiger partial charge is 0.493 e. The smallest absolute Gasteiger partial charge is 0.122 e. The molecule has 2 N–H and O–H groups in total. The lowest BCUT2D eigenvalue weighted by Crippen LogP contribution is -2.33. The van der Waals surface area contributed by atoms with E-state index >= 15 is 0 Å². The highest BCUT2D eigenvalue weighted by atomic mass is 16.5. The fourth-order valence-electron chi connectivity index (χ4n) is 2.66. The first-order chi connectivity index (χ1) is 8.42. The topological polar surface area (TPSA) is 33.3 Å². The van der Waals surface area contributed by atoms with Crippen LogP contribution in [0, 0.1) is 5.92 Å². The first kappa shape index (κ1) is 10.9. The van der Waals surface area contributed by atoms with Gasteiger partial charge in [-0.3, -0.25) is 0 Å². The molecular weight excluding hydrogens is 212 g/mol. The van der Waals surface area contributed by atoms with Crippen molar-refractivity contribution in [3.8, 4) is 5.75 Å². The van der Waals surface area contributed by atoms with Crippen molar-refractivity contribution in [2.24, 2.45) is 5.92 Å². The van der Waals surface area contributed by atoms with Gasteiger partial charge in [0.2, 0.25) is 0 Å². The maximum Gasteiger partial charge on any atom is 0.122 e. The zero-order valence-electron chi connectivity index (χ0n) is 10.2. The van der Waals surface area contributed by atoms with Gasteiger partial charge in [0.05, 0.1) is 6.61 Å². The number of piperidine rings is 1. The second kappa shape index (κ2) is 4.96. The molecule has 0 spiro atoms. The lowest BCUT2D eigenvalue weighted by molar-refractivity contribution is 0.357. The summed E-state index contributed by atoms with van der Waals surface area (Å²) in [5, 5.41) is 7.00. The average molecular weight is 232 g/mol. The second-order valence-corrected chi connectivity index (χ2v) is 5.01. The van der Waals surface area contributed by atoms with Crippen LogP contribution in [0.3, 0.4) is 0 Å². The molecule has 0 amide bonds. The van der Waals surface area contributed by atoms with Gasteiger partial charge in [-0.05, 0) is 55.6 Å². The van der Waals surface area contributed by atoms with Crippen LogP contribution in [0.1, 0.15) is 18.4 Å². The fourth-order valence-corrected chi connectivity index (χ4v) is 2.66. The van der Waals surface area contributed by atoms with Crippen molar-refractivity contribution >= 4 is 5.69 Å². The molecule has 0 aliphatic carbocycles. The van der Waals surface area contributed by atoms with Crippen LogP contribution in [0.2, 0.25) is 0 Å². The molecule has 1 aromatic rings. The Morgan fingerprint density at radius 1 is 1.41 bits per heavy atom. The third-order valence-corrected chi connectivity index (χ3v) is 3.68. The van der Waals surface area contributed by atoms with Gasteiger partial charge in [-0.25, -0.2) is 0 Å². The quantitative estimate of drug-likeness (QED) is 0.836. The van der Waals surface area contributed by atoms with Gasteiger partial charge < -0.3 is 15.4 Å². The minimum absolute atomic E-state index is 0.772. The molecule has 17 heavy (non-hydrogen) atoms. The Bertz CT molecular complexity index is 386. The molecule has 2 aliphatic heterocycles. The van der Waals surface area contributed by atoms with Gasteiger partial charge in [-0.15, -0.1) is 0 Å². The van der Waals surface area contributed by atoms with Gasteiger partial charge in [0.25, 0.3) is 0 Å². The van der Waals surface area contributed by atoms with E-state index in [1.54, 1.807) is 0 Å². The Labute approximate surface area is 103 Å². The van der Waals surface area contributed by atoms with Crippen LogP contribution >= 0.6 is 0 Å². The number of benzene rings is 1. The summed E-state index contributed by atoms with van der Waals surface area (Å²) in [7, 11) is 0. The maximum atomic E-state index is 5.51. The molecule has 3 nitrogen and oxygen atoms in total. The summed E-state index contributed by atoms with van der Waals surface area (Å²) in [6.07, 6.45) is 3.70. The highest BCUT2D eigenvalue weighted by Crippen LogP contribution is 2.28. The van der Waals surface area contributed by atoms with Gasteiger partial charge in [0.1, 0.15) is 5.75 Å². The van der Waals surface area contributed by atoms with Crippen LogP contribution in [0.5, 0.6) is 5.75 Å². The van der Waals surface area contributed by atoms with Crippen molar-refractivity contribution in [2.45, 2.75) is 19.3 Å². The zero-order valence-corrected chi connectivity index (χ0v) is 10.2. The van der Waals surface area contributed by atoms with Crippen LogP contribution in [-0.2, 0) is 6.42 Å². The summed E-state index contributed by atoms with van der Waals surface area (Å²) in [6, 6.07) is 6.45. The number of hydrogen-bond acceptors (Lipinski definition) is 3. The van der Waals surface area contributed by atoms with Crippen LogP contribution in [0.15, 0.2) is 18.2 Å². The van der Waals surface area contributed by atoms with E-state index < -0.39 is 0 Å². The van der Waals surface area contributed by atoms with E-state index in [0.717, 1.165) is 37.8 Å². The molecule has 2 aliphatic rings. The summed E-state index contributed by atoms with van der Waals surface area (Å²) in [6.45, 7) is 4.26. The molecular formula is C14H20N2O. The summed E-state index contributed by atoms with van der Waals surface area (Å²) >= 11 is 0.